The van der Waals surface area contributed by atoms with Crippen molar-refractivity contribution < 1.29 is 4.42 Å². The van der Waals surface area contributed by atoms with Gasteiger partial charge in [-0.15, -0.1) is 0 Å². The molecule has 0 aromatic carbocycles. The van der Waals surface area contributed by atoms with Gasteiger partial charge in [-0.3, -0.25) is 0 Å². The Morgan fingerprint density at radius 1 is 1.64 bits per heavy atom. The minimum Gasteiger partial charge on any atom is -0.462 e. The van der Waals surface area contributed by atoms with Crippen LogP contribution in [0.4, 0.5) is 0 Å². The van der Waals surface area contributed by atoms with Crippen LogP contribution in [0.2, 0.25) is 0 Å². The Labute approximate surface area is 70.4 Å². The lowest BCUT2D eigenvalue weighted by Gasteiger charge is -1.95. The molecule has 1 aromatic heterocycles. The second kappa shape index (κ2) is 2.34. The van der Waals surface area contributed by atoms with Crippen molar-refractivity contribution in [3.8, 4) is 0 Å². The maximum absolute atomic E-state index is 5.46. The van der Waals surface area contributed by atoms with Crippen LogP contribution >= 0.6 is 12.2 Å². The molecule has 58 valence electrons. The minimum absolute atomic E-state index is 0.372. The van der Waals surface area contributed by atoms with Crippen LogP contribution < -0.4 is 5.73 Å². The van der Waals surface area contributed by atoms with E-state index in [-0.39, 0.29) is 0 Å². The standard InChI is InChI=1S/C8H9NOS/c9-8(11)7-6(3-4-10-7)5-1-2-5/h3-5H,1-2H2,(H2,9,11). The molecule has 0 radical (unpaired) electrons. The summed E-state index contributed by atoms with van der Waals surface area (Å²) in [5.74, 6) is 1.37. The zero-order valence-corrected chi connectivity index (χ0v) is 6.86. The van der Waals surface area contributed by atoms with E-state index in [9.17, 15) is 0 Å². The first-order chi connectivity index (χ1) is 5.29. The number of nitrogens with two attached hydrogens (primary N) is 1. The van der Waals surface area contributed by atoms with Gasteiger partial charge in [0.25, 0.3) is 0 Å². The van der Waals surface area contributed by atoms with E-state index in [2.05, 4.69) is 0 Å². The number of thiocarbonyl (C=S) groups is 1. The Morgan fingerprint density at radius 3 is 2.91 bits per heavy atom. The Kier molecular flexibility index (Phi) is 1.46. The molecule has 11 heavy (non-hydrogen) atoms. The number of rotatable bonds is 2. The van der Waals surface area contributed by atoms with Crippen LogP contribution in [0.3, 0.4) is 0 Å². The van der Waals surface area contributed by atoms with Crippen molar-refractivity contribution in [1.82, 2.24) is 0 Å². The third-order valence-electron chi connectivity index (χ3n) is 1.94. The normalized spacial score (nSPS) is 16.7. The first-order valence-electron chi connectivity index (χ1n) is 3.66. The van der Waals surface area contributed by atoms with E-state index in [4.69, 9.17) is 22.4 Å². The summed E-state index contributed by atoms with van der Waals surface area (Å²) in [5.41, 5.74) is 6.65. The number of hydrogen-bond donors (Lipinski definition) is 1. The summed E-state index contributed by atoms with van der Waals surface area (Å²) in [4.78, 5) is 0.372. The van der Waals surface area contributed by atoms with Crippen LogP contribution in [-0.4, -0.2) is 4.99 Å². The lowest BCUT2D eigenvalue weighted by atomic mass is 10.1. The fourth-order valence-corrected chi connectivity index (χ4v) is 1.40. The second-order valence-corrected chi connectivity index (χ2v) is 3.28. The first-order valence-corrected chi connectivity index (χ1v) is 4.07. The van der Waals surface area contributed by atoms with Gasteiger partial charge in [0.1, 0.15) is 4.99 Å². The molecule has 0 aliphatic heterocycles. The molecular formula is C8H9NOS. The lowest BCUT2D eigenvalue weighted by molar-refractivity contribution is 0.555. The average Bonchev–Trinajstić information content (AvgIpc) is 2.68. The highest BCUT2D eigenvalue weighted by atomic mass is 32.1. The average molecular weight is 167 g/mol. The highest BCUT2D eigenvalue weighted by Crippen LogP contribution is 2.41. The van der Waals surface area contributed by atoms with Crippen LogP contribution in [0.25, 0.3) is 0 Å². The summed E-state index contributed by atoms with van der Waals surface area (Å²) >= 11 is 4.83. The fourth-order valence-electron chi connectivity index (χ4n) is 1.24. The topological polar surface area (TPSA) is 39.2 Å². The lowest BCUT2D eigenvalue weighted by Crippen LogP contribution is -2.09. The molecule has 2 N–H and O–H groups in total. The molecule has 0 atom stereocenters. The molecule has 2 rings (SSSR count). The number of furan rings is 1. The summed E-state index contributed by atoms with van der Waals surface area (Å²) in [6.07, 6.45) is 4.15. The summed E-state index contributed by atoms with van der Waals surface area (Å²) < 4.78 is 5.16. The summed E-state index contributed by atoms with van der Waals surface area (Å²) in [6, 6.07) is 1.96. The zero-order chi connectivity index (χ0) is 7.84. The van der Waals surface area contributed by atoms with Crippen molar-refractivity contribution in [2.24, 2.45) is 5.73 Å². The minimum atomic E-state index is 0.372. The smallest absolute Gasteiger partial charge is 0.164 e. The van der Waals surface area contributed by atoms with Crippen molar-refractivity contribution >= 4 is 17.2 Å². The van der Waals surface area contributed by atoms with Crippen molar-refractivity contribution in [3.05, 3.63) is 23.7 Å². The van der Waals surface area contributed by atoms with Crippen molar-refractivity contribution in [1.29, 1.82) is 0 Å². The third-order valence-corrected chi connectivity index (χ3v) is 2.12. The van der Waals surface area contributed by atoms with E-state index in [0.717, 1.165) is 0 Å². The molecule has 2 nitrogen and oxygen atoms in total. The zero-order valence-electron chi connectivity index (χ0n) is 6.04. The summed E-state index contributed by atoms with van der Waals surface area (Å²) in [6.45, 7) is 0. The fraction of sp³-hybridized carbons (Fsp3) is 0.375. The molecule has 3 heteroatoms. The molecule has 1 aromatic rings. The van der Waals surface area contributed by atoms with Crippen LogP contribution in [0, 0.1) is 0 Å². The van der Waals surface area contributed by atoms with Gasteiger partial charge in [-0.1, -0.05) is 12.2 Å². The summed E-state index contributed by atoms with van der Waals surface area (Å²) in [5, 5.41) is 0. The second-order valence-electron chi connectivity index (χ2n) is 2.84. The van der Waals surface area contributed by atoms with Gasteiger partial charge in [0.05, 0.1) is 6.26 Å². The van der Waals surface area contributed by atoms with Crippen molar-refractivity contribution in [2.75, 3.05) is 0 Å². The van der Waals surface area contributed by atoms with Crippen molar-refractivity contribution in [3.63, 3.8) is 0 Å². The molecule has 1 saturated carbocycles. The summed E-state index contributed by atoms with van der Waals surface area (Å²) in [7, 11) is 0. The van der Waals surface area contributed by atoms with Gasteiger partial charge in [0, 0.05) is 5.56 Å². The van der Waals surface area contributed by atoms with Gasteiger partial charge in [-0.2, -0.15) is 0 Å². The first kappa shape index (κ1) is 6.85. The molecule has 0 unspecified atom stereocenters. The SMILES string of the molecule is NC(=S)c1occc1C1CC1. The van der Waals surface area contributed by atoms with Gasteiger partial charge in [-0.25, -0.2) is 0 Å². The van der Waals surface area contributed by atoms with E-state index >= 15 is 0 Å². The van der Waals surface area contributed by atoms with E-state index in [0.29, 0.717) is 16.7 Å². The van der Waals surface area contributed by atoms with Gasteiger partial charge in [-0.05, 0) is 24.8 Å². The predicted molar refractivity (Wildman–Crippen MR) is 46.6 cm³/mol. The van der Waals surface area contributed by atoms with Gasteiger partial charge in [0.2, 0.25) is 0 Å². The molecule has 1 fully saturated rings. The highest BCUT2D eigenvalue weighted by Gasteiger charge is 2.28. The molecule has 0 saturated heterocycles. The largest absolute Gasteiger partial charge is 0.462 e. The van der Waals surface area contributed by atoms with Gasteiger partial charge < -0.3 is 10.2 Å². The Hall–Kier alpha value is -0.830. The molecular weight excluding hydrogens is 158 g/mol. The predicted octanol–water partition coefficient (Wildman–Crippen LogP) is 1.79. The van der Waals surface area contributed by atoms with E-state index in [1.165, 1.54) is 18.4 Å². The Balaban J connectivity index is 2.37. The van der Waals surface area contributed by atoms with Crippen LogP contribution in [-0.2, 0) is 0 Å². The molecule has 0 bridgehead atoms. The maximum Gasteiger partial charge on any atom is 0.164 e. The molecule has 1 heterocycles. The number of hydrogen-bond acceptors (Lipinski definition) is 2. The quantitative estimate of drug-likeness (QED) is 0.682. The van der Waals surface area contributed by atoms with Crippen molar-refractivity contribution in [2.45, 2.75) is 18.8 Å². The van der Waals surface area contributed by atoms with E-state index in [1.807, 2.05) is 6.07 Å². The maximum atomic E-state index is 5.46. The van der Waals surface area contributed by atoms with Crippen LogP contribution in [0.15, 0.2) is 16.7 Å². The highest BCUT2D eigenvalue weighted by molar-refractivity contribution is 7.80. The molecule has 1 aliphatic rings. The molecule has 0 spiro atoms. The van der Waals surface area contributed by atoms with Crippen LogP contribution in [0.1, 0.15) is 30.1 Å². The Bertz CT molecular complexity index is 288. The van der Waals surface area contributed by atoms with Crippen LogP contribution in [0.5, 0.6) is 0 Å². The molecule has 0 amide bonds. The monoisotopic (exact) mass is 167 g/mol. The third kappa shape index (κ3) is 1.16. The molecule has 1 aliphatic carbocycles. The van der Waals surface area contributed by atoms with E-state index < -0.39 is 0 Å². The van der Waals surface area contributed by atoms with Gasteiger partial charge >= 0.3 is 0 Å². The van der Waals surface area contributed by atoms with Gasteiger partial charge in [0.15, 0.2) is 5.76 Å². The Morgan fingerprint density at radius 2 is 2.36 bits per heavy atom. The van der Waals surface area contributed by atoms with E-state index in [1.54, 1.807) is 6.26 Å².